The van der Waals surface area contributed by atoms with Crippen molar-refractivity contribution in [2.75, 3.05) is 14.2 Å². The number of benzene rings is 2. The first kappa shape index (κ1) is 19.2. The molecular weight excluding hydrogens is 315 g/mol. The molecule has 0 aromatic heterocycles. The summed E-state index contributed by atoms with van der Waals surface area (Å²) in [6.45, 7) is 10.2. The molecular formula is C22H27FO2. The maximum atomic E-state index is 14.6. The Labute approximate surface area is 150 Å². The Morgan fingerprint density at radius 1 is 1.12 bits per heavy atom. The van der Waals surface area contributed by atoms with E-state index in [4.69, 9.17) is 9.47 Å². The summed E-state index contributed by atoms with van der Waals surface area (Å²) in [7, 11) is 3.26. The van der Waals surface area contributed by atoms with Gasteiger partial charge in [0.2, 0.25) is 0 Å². The zero-order valence-corrected chi connectivity index (χ0v) is 15.7. The van der Waals surface area contributed by atoms with E-state index in [1.165, 1.54) is 11.6 Å². The molecule has 25 heavy (non-hydrogen) atoms. The van der Waals surface area contributed by atoms with E-state index in [2.05, 4.69) is 33.4 Å². The van der Waals surface area contributed by atoms with Gasteiger partial charge in [-0.2, -0.15) is 0 Å². The van der Waals surface area contributed by atoms with Crippen molar-refractivity contribution in [2.24, 2.45) is 5.41 Å². The van der Waals surface area contributed by atoms with Crippen LogP contribution in [0.1, 0.15) is 38.0 Å². The molecule has 0 saturated carbocycles. The van der Waals surface area contributed by atoms with E-state index in [0.717, 1.165) is 17.5 Å². The highest BCUT2D eigenvalue weighted by Crippen LogP contribution is 2.42. The summed E-state index contributed by atoms with van der Waals surface area (Å²) in [5.41, 5.74) is 3.17. The molecule has 0 saturated heterocycles. The lowest BCUT2D eigenvalue weighted by molar-refractivity contribution is 0.0307. The van der Waals surface area contributed by atoms with Crippen molar-refractivity contribution >= 4 is 0 Å². The lowest BCUT2D eigenvalue weighted by atomic mass is 9.79. The summed E-state index contributed by atoms with van der Waals surface area (Å²) < 4.78 is 25.7. The highest BCUT2D eigenvalue weighted by Gasteiger charge is 2.30. The summed E-state index contributed by atoms with van der Waals surface area (Å²) >= 11 is 0. The Kier molecular flexibility index (Phi) is 6.02. The van der Waals surface area contributed by atoms with Gasteiger partial charge in [-0.05, 0) is 41.3 Å². The molecule has 0 aliphatic rings. The molecule has 2 aromatic carbocycles. The Bertz CT molecular complexity index is 750. The Balaban J connectivity index is 2.73. The summed E-state index contributed by atoms with van der Waals surface area (Å²) in [5.74, 6) is 0.344. The number of hydrogen-bond acceptors (Lipinski definition) is 2. The molecule has 0 amide bonds. The predicted molar refractivity (Wildman–Crippen MR) is 101 cm³/mol. The Hall–Kier alpha value is -2.13. The monoisotopic (exact) mass is 342 g/mol. The van der Waals surface area contributed by atoms with Crippen LogP contribution < -0.4 is 4.74 Å². The molecule has 134 valence electrons. The Morgan fingerprint density at radius 3 is 2.40 bits per heavy atom. The number of ether oxygens (including phenoxy) is 2. The van der Waals surface area contributed by atoms with Crippen molar-refractivity contribution in [2.45, 2.75) is 33.3 Å². The van der Waals surface area contributed by atoms with Crippen molar-refractivity contribution < 1.29 is 13.9 Å². The lowest BCUT2D eigenvalue weighted by Gasteiger charge is -2.32. The SMILES string of the molecule is C=CC(C)(C)[C@H](OC)c1cc(CC)ccc1-c1cc(OC)ccc1F. The molecule has 1 atom stereocenters. The topological polar surface area (TPSA) is 18.5 Å². The third-order valence-corrected chi connectivity index (χ3v) is 4.71. The lowest BCUT2D eigenvalue weighted by Crippen LogP contribution is -2.22. The van der Waals surface area contributed by atoms with Crippen molar-refractivity contribution in [1.82, 2.24) is 0 Å². The zero-order valence-electron chi connectivity index (χ0n) is 15.7. The molecule has 2 aromatic rings. The summed E-state index contributed by atoms with van der Waals surface area (Å²) in [6, 6.07) is 10.9. The number of aryl methyl sites for hydroxylation is 1. The van der Waals surface area contributed by atoms with Crippen LogP contribution in [0.3, 0.4) is 0 Å². The zero-order chi connectivity index (χ0) is 18.6. The fourth-order valence-electron chi connectivity index (χ4n) is 3.07. The molecule has 0 N–H and O–H groups in total. The van der Waals surface area contributed by atoms with Crippen LogP contribution in [0, 0.1) is 11.2 Å². The van der Waals surface area contributed by atoms with E-state index in [9.17, 15) is 4.39 Å². The van der Waals surface area contributed by atoms with Crippen LogP contribution in [0.4, 0.5) is 4.39 Å². The number of methoxy groups -OCH3 is 2. The van der Waals surface area contributed by atoms with E-state index >= 15 is 0 Å². The fourth-order valence-corrected chi connectivity index (χ4v) is 3.07. The third-order valence-electron chi connectivity index (χ3n) is 4.71. The molecule has 0 bridgehead atoms. The van der Waals surface area contributed by atoms with E-state index < -0.39 is 0 Å². The maximum absolute atomic E-state index is 14.6. The van der Waals surface area contributed by atoms with Crippen molar-refractivity contribution in [1.29, 1.82) is 0 Å². The van der Waals surface area contributed by atoms with Gasteiger partial charge in [0, 0.05) is 18.1 Å². The molecule has 0 unspecified atom stereocenters. The highest BCUT2D eigenvalue weighted by atomic mass is 19.1. The standard InChI is InChI=1S/C22H27FO2/c1-7-15-9-11-17(18-14-16(24-5)10-12-20(18)23)19(13-15)21(25-6)22(3,4)8-2/h8-14,21H,2,7H2,1,3-6H3/t21-/m1/s1. The molecule has 0 radical (unpaired) electrons. The predicted octanol–water partition coefficient (Wildman–Crippen LogP) is 5.96. The summed E-state index contributed by atoms with van der Waals surface area (Å²) in [5, 5.41) is 0. The number of halogens is 1. The van der Waals surface area contributed by atoms with Gasteiger partial charge in [0.25, 0.3) is 0 Å². The average Bonchev–Trinajstić information content (AvgIpc) is 2.62. The fraction of sp³-hybridized carbons (Fsp3) is 0.364. The van der Waals surface area contributed by atoms with Gasteiger partial charge in [0.1, 0.15) is 11.6 Å². The van der Waals surface area contributed by atoms with E-state index in [-0.39, 0.29) is 17.3 Å². The van der Waals surface area contributed by atoms with Crippen LogP contribution in [0.25, 0.3) is 11.1 Å². The first-order valence-electron chi connectivity index (χ1n) is 8.51. The summed E-state index contributed by atoms with van der Waals surface area (Å²) in [6.07, 6.45) is 2.54. The van der Waals surface area contributed by atoms with Gasteiger partial charge in [-0.15, -0.1) is 6.58 Å². The minimum Gasteiger partial charge on any atom is -0.497 e. The highest BCUT2D eigenvalue weighted by molar-refractivity contribution is 5.70. The molecule has 0 aliphatic carbocycles. The molecule has 0 fully saturated rings. The molecule has 2 nitrogen and oxygen atoms in total. The quantitative estimate of drug-likeness (QED) is 0.578. The molecule has 0 spiro atoms. The maximum Gasteiger partial charge on any atom is 0.131 e. The number of rotatable bonds is 7. The van der Waals surface area contributed by atoms with Gasteiger partial charge in [0.15, 0.2) is 0 Å². The van der Waals surface area contributed by atoms with Crippen LogP contribution in [0.2, 0.25) is 0 Å². The van der Waals surface area contributed by atoms with Gasteiger partial charge in [0.05, 0.1) is 13.2 Å². The molecule has 2 rings (SSSR count). The second-order valence-corrected chi connectivity index (χ2v) is 6.76. The second kappa shape index (κ2) is 7.83. The summed E-state index contributed by atoms with van der Waals surface area (Å²) in [4.78, 5) is 0. The molecule has 3 heteroatoms. The van der Waals surface area contributed by atoms with Gasteiger partial charge in [-0.3, -0.25) is 0 Å². The van der Waals surface area contributed by atoms with Gasteiger partial charge in [-0.1, -0.05) is 45.0 Å². The van der Waals surface area contributed by atoms with Crippen molar-refractivity contribution in [3.8, 4) is 16.9 Å². The first-order valence-corrected chi connectivity index (χ1v) is 8.51. The Morgan fingerprint density at radius 2 is 1.84 bits per heavy atom. The van der Waals surface area contributed by atoms with E-state index in [1.54, 1.807) is 26.4 Å². The molecule has 0 heterocycles. The van der Waals surface area contributed by atoms with Crippen LogP contribution in [-0.2, 0) is 11.2 Å². The average molecular weight is 342 g/mol. The van der Waals surface area contributed by atoms with E-state index in [1.807, 2.05) is 18.2 Å². The van der Waals surface area contributed by atoms with E-state index in [0.29, 0.717) is 11.3 Å². The smallest absolute Gasteiger partial charge is 0.131 e. The van der Waals surface area contributed by atoms with Gasteiger partial charge >= 0.3 is 0 Å². The van der Waals surface area contributed by atoms with Crippen LogP contribution in [-0.4, -0.2) is 14.2 Å². The first-order chi connectivity index (χ1) is 11.9. The second-order valence-electron chi connectivity index (χ2n) is 6.76. The van der Waals surface area contributed by atoms with Gasteiger partial charge < -0.3 is 9.47 Å². The molecule has 0 aliphatic heterocycles. The number of hydrogen-bond donors (Lipinski definition) is 0. The van der Waals surface area contributed by atoms with Crippen molar-refractivity contribution in [3.05, 3.63) is 66.0 Å². The minimum absolute atomic E-state index is 0.239. The normalized spacial score (nSPS) is 12.7. The van der Waals surface area contributed by atoms with Crippen LogP contribution >= 0.6 is 0 Å². The third kappa shape index (κ3) is 3.93. The van der Waals surface area contributed by atoms with Crippen LogP contribution in [0.5, 0.6) is 5.75 Å². The van der Waals surface area contributed by atoms with Crippen LogP contribution in [0.15, 0.2) is 49.1 Å². The minimum atomic E-state index is -0.300. The largest absolute Gasteiger partial charge is 0.497 e. The van der Waals surface area contributed by atoms with Gasteiger partial charge in [-0.25, -0.2) is 4.39 Å². The van der Waals surface area contributed by atoms with Crippen molar-refractivity contribution in [3.63, 3.8) is 0 Å².